The van der Waals surface area contributed by atoms with Crippen LogP contribution < -0.4 is 16.0 Å². The number of ether oxygens (including phenoxy) is 3. The number of benzene rings is 1. The van der Waals surface area contributed by atoms with Crippen molar-refractivity contribution in [3.8, 4) is 0 Å². The van der Waals surface area contributed by atoms with E-state index in [4.69, 9.17) is 14.2 Å². The number of nitrogens with one attached hydrogen (secondary N) is 3. The maximum absolute atomic E-state index is 13.2. The van der Waals surface area contributed by atoms with Crippen molar-refractivity contribution in [3.05, 3.63) is 30.1 Å². The van der Waals surface area contributed by atoms with E-state index in [1.165, 1.54) is 24.3 Å². The summed E-state index contributed by atoms with van der Waals surface area (Å²) in [5.41, 5.74) is -1.31. The van der Waals surface area contributed by atoms with E-state index in [0.717, 1.165) is 0 Å². The molecule has 1 aromatic rings. The predicted octanol–water partition coefficient (Wildman–Crippen LogP) is -1.51. The summed E-state index contributed by atoms with van der Waals surface area (Å²) in [6, 6.07) is 4.17. The molecule has 10 nitrogen and oxygen atoms in total. The third kappa shape index (κ3) is 3.81. The molecule has 1 saturated carbocycles. The van der Waals surface area contributed by atoms with Crippen LogP contribution in [0.15, 0.2) is 24.3 Å². The monoisotopic (exact) mass is 457 g/mol. The molecule has 0 bridgehead atoms. The highest BCUT2D eigenvalue weighted by Gasteiger charge is 2.68. The van der Waals surface area contributed by atoms with Gasteiger partial charge < -0.3 is 50.6 Å². The van der Waals surface area contributed by atoms with E-state index in [9.17, 15) is 24.8 Å². The Morgan fingerprint density at radius 1 is 1.00 bits per heavy atom. The summed E-state index contributed by atoms with van der Waals surface area (Å²) in [7, 11) is 3.24. The predicted molar refractivity (Wildman–Crippen MR) is 111 cm³/mol. The molecule has 10 atom stereocenters. The molecule has 3 fully saturated rings. The third-order valence-electron chi connectivity index (χ3n) is 6.78. The quantitative estimate of drug-likeness (QED) is 0.279. The fourth-order valence-electron chi connectivity index (χ4n) is 5.04. The van der Waals surface area contributed by atoms with Crippen LogP contribution in [0.25, 0.3) is 0 Å². The van der Waals surface area contributed by atoms with E-state index in [1.807, 2.05) is 0 Å². The molecular weight excluding hydrogens is 425 g/mol. The lowest BCUT2D eigenvalue weighted by molar-refractivity contribution is -0.481. The second-order valence-electron chi connectivity index (χ2n) is 8.86. The Bertz CT molecular complexity index is 804. The maximum Gasteiger partial charge on any atom is 0.250 e. The third-order valence-corrected chi connectivity index (χ3v) is 6.78. The van der Waals surface area contributed by atoms with Gasteiger partial charge >= 0.3 is 0 Å². The summed E-state index contributed by atoms with van der Waals surface area (Å²) < 4.78 is 31.0. The van der Waals surface area contributed by atoms with Crippen LogP contribution >= 0.6 is 0 Å². The molecule has 1 unspecified atom stereocenters. The largest absolute Gasteiger partial charge is 0.390 e. The van der Waals surface area contributed by atoms with Crippen molar-refractivity contribution < 1.29 is 39.0 Å². The summed E-state index contributed by atoms with van der Waals surface area (Å²) in [4.78, 5) is 0. The molecule has 7 N–H and O–H groups in total. The first-order valence-corrected chi connectivity index (χ1v) is 10.8. The number of likely N-dealkylation sites (N-methyl/N-ethyl adjacent to an activating group) is 2. The average Bonchev–Trinajstić information content (AvgIpc) is 2.74. The first kappa shape index (κ1) is 23.7. The van der Waals surface area contributed by atoms with Gasteiger partial charge in [0.1, 0.15) is 29.7 Å². The van der Waals surface area contributed by atoms with Crippen molar-refractivity contribution in [2.24, 2.45) is 0 Å². The summed E-state index contributed by atoms with van der Waals surface area (Å²) in [6.45, 7) is 1.58. The summed E-state index contributed by atoms with van der Waals surface area (Å²) >= 11 is 0. The second-order valence-corrected chi connectivity index (χ2v) is 8.86. The highest BCUT2D eigenvalue weighted by molar-refractivity contribution is 5.43. The van der Waals surface area contributed by atoms with Gasteiger partial charge in [-0.3, -0.25) is 0 Å². The van der Waals surface area contributed by atoms with E-state index in [-0.39, 0.29) is 13.0 Å². The van der Waals surface area contributed by atoms with Gasteiger partial charge in [0.15, 0.2) is 0 Å². The standard InChI is InChI=1S/C21H32FN3O7/c1-10-8-20(28,9-25-12-6-4-11(22)5-7-12)21(29)19(30-10)31-18-16(27)13(23-2)15(26)14(24-3)17(18)32-21/h4-7,10,13-19,23-29H,8-9H2,1-3H3/t10-,13-,14+,15+,16+,17-,18?,19+,20-,21-/m1/s1. The molecule has 2 saturated heterocycles. The Balaban J connectivity index is 1.62. The lowest BCUT2D eigenvalue weighted by Gasteiger charge is -2.60. The molecule has 0 spiro atoms. The summed E-state index contributed by atoms with van der Waals surface area (Å²) in [5, 5.41) is 53.5. The molecule has 0 radical (unpaired) electrons. The minimum absolute atomic E-state index is 0.0173. The Morgan fingerprint density at radius 2 is 1.66 bits per heavy atom. The molecule has 4 rings (SSSR count). The van der Waals surface area contributed by atoms with Crippen molar-refractivity contribution in [2.45, 2.75) is 73.6 Å². The number of hydrogen-bond acceptors (Lipinski definition) is 10. The van der Waals surface area contributed by atoms with Crippen molar-refractivity contribution in [1.82, 2.24) is 10.6 Å². The van der Waals surface area contributed by atoms with E-state index in [2.05, 4.69) is 16.0 Å². The van der Waals surface area contributed by atoms with Crippen LogP contribution in [-0.4, -0.2) is 101 Å². The molecule has 32 heavy (non-hydrogen) atoms. The van der Waals surface area contributed by atoms with E-state index >= 15 is 0 Å². The van der Waals surface area contributed by atoms with Crippen LogP contribution in [0.2, 0.25) is 0 Å². The van der Waals surface area contributed by atoms with E-state index in [1.54, 1.807) is 21.0 Å². The smallest absolute Gasteiger partial charge is 0.250 e. The van der Waals surface area contributed by atoms with Crippen LogP contribution in [-0.2, 0) is 14.2 Å². The van der Waals surface area contributed by atoms with Crippen LogP contribution in [0.4, 0.5) is 10.1 Å². The number of rotatable bonds is 5. The van der Waals surface area contributed by atoms with Crippen molar-refractivity contribution in [3.63, 3.8) is 0 Å². The van der Waals surface area contributed by atoms with Gasteiger partial charge in [-0.05, 0) is 45.3 Å². The zero-order chi connectivity index (χ0) is 23.3. The first-order chi connectivity index (χ1) is 15.1. The normalized spacial score (nSPS) is 46.2. The minimum atomic E-state index is -2.30. The van der Waals surface area contributed by atoms with Crippen LogP contribution in [0.3, 0.4) is 0 Å². The minimum Gasteiger partial charge on any atom is -0.390 e. The van der Waals surface area contributed by atoms with E-state index < -0.39 is 66.1 Å². The zero-order valence-corrected chi connectivity index (χ0v) is 18.2. The van der Waals surface area contributed by atoms with Gasteiger partial charge in [-0.1, -0.05) is 0 Å². The SMILES string of the molecule is CN[C@@H]1[C@H](O)[C@H](NC)[C@H]2O[C@]3(O)[C@H](OC2[C@H]1O)O[C@H](C)C[C@@]3(O)CNc1ccc(F)cc1. The Labute approximate surface area is 185 Å². The Hall–Kier alpha value is -1.41. The topological polar surface area (TPSA) is 145 Å². The van der Waals surface area contributed by atoms with Gasteiger partial charge in [0.25, 0.3) is 0 Å². The van der Waals surface area contributed by atoms with Crippen molar-refractivity contribution in [2.75, 3.05) is 26.0 Å². The maximum atomic E-state index is 13.2. The fraction of sp³-hybridized carbons (Fsp3) is 0.714. The molecule has 1 aromatic carbocycles. The molecule has 0 amide bonds. The zero-order valence-electron chi connectivity index (χ0n) is 18.2. The van der Waals surface area contributed by atoms with Gasteiger partial charge in [0.05, 0.1) is 24.3 Å². The van der Waals surface area contributed by atoms with E-state index in [0.29, 0.717) is 5.69 Å². The number of fused-ring (bicyclic) bond motifs is 2. The molecule has 2 aliphatic heterocycles. The summed E-state index contributed by atoms with van der Waals surface area (Å²) in [6.07, 6.45) is -5.98. The van der Waals surface area contributed by atoms with Crippen molar-refractivity contribution in [1.29, 1.82) is 0 Å². The number of anilines is 1. The highest BCUT2D eigenvalue weighted by Crippen LogP contribution is 2.46. The number of aliphatic hydroxyl groups is 4. The molecule has 2 heterocycles. The van der Waals surface area contributed by atoms with Gasteiger partial charge in [-0.25, -0.2) is 4.39 Å². The lowest BCUT2D eigenvalue weighted by atomic mass is 9.77. The number of aliphatic hydroxyl groups excluding tert-OH is 2. The molecule has 180 valence electrons. The molecule has 0 aromatic heterocycles. The van der Waals surface area contributed by atoms with Gasteiger partial charge in [0, 0.05) is 18.7 Å². The number of halogens is 1. The highest BCUT2D eigenvalue weighted by atomic mass is 19.1. The Morgan fingerprint density at radius 3 is 2.28 bits per heavy atom. The molecule has 1 aliphatic carbocycles. The molecular formula is C21H32FN3O7. The average molecular weight is 457 g/mol. The van der Waals surface area contributed by atoms with Gasteiger partial charge in [-0.15, -0.1) is 0 Å². The fourth-order valence-corrected chi connectivity index (χ4v) is 5.04. The van der Waals surface area contributed by atoms with Gasteiger partial charge in [0.2, 0.25) is 12.1 Å². The molecule has 11 heteroatoms. The second kappa shape index (κ2) is 8.75. The Kier molecular flexibility index (Phi) is 6.49. The first-order valence-electron chi connectivity index (χ1n) is 10.8. The number of hydrogen-bond donors (Lipinski definition) is 7. The van der Waals surface area contributed by atoms with Gasteiger partial charge in [-0.2, -0.15) is 0 Å². The lowest BCUT2D eigenvalue weighted by Crippen LogP contribution is -2.81. The molecule has 3 aliphatic rings. The van der Waals surface area contributed by atoms with Crippen molar-refractivity contribution >= 4 is 5.69 Å². The van der Waals surface area contributed by atoms with Crippen LogP contribution in [0.5, 0.6) is 0 Å². The van der Waals surface area contributed by atoms with Crippen LogP contribution in [0.1, 0.15) is 13.3 Å². The van der Waals surface area contributed by atoms with Crippen LogP contribution in [0, 0.1) is 5.82 Å². The summed E-state index contributed by atoms with van der Waals surface area (Å²) in [5.74, 6) is -2.69.